The number of likely N-dealkylation sites (tertiary alicyclic amines) is 1. The number of nitrogens with one attached hydrogen (secondary N) is 1. The van der Waals surface area contributed by atoms with E-state index in [0.717, 1.165) is 32.5 Å². The Morgan fingerprint density at radius 3 is 2.37 bits per heavy atom. The molecule has 6 heteroatoms. The van der Waals surface area contributed by atoms with Crippen LogP contribution in [-0.2, 0) is 4.79 Å². The fourth-order valence-electron chi connectivity index (χ4n) is 2.38. The number of carboxylic acids is 1. The molecule has 2 N–H and O–H groups in total. The van der Waals surface area contributed by atoms with Crippen LogP contribution in [-0.4, -0.2) is 65.7 Å². The van der Waals surface area contributed by atoms with Gasteiger partial charge in [0, 0.05) is 26.2 Å². The minimum Gasteiger partial charge on any atom is -0.480 e. The molecule has 0 radical (unpaired) electrons. The van der Waals surface area contributed by atoms with Crippen molar-refractivity contribution in [2.45, 2.75) is 45.2 Å². The molecule has 1 heterocycles. The van der Waals surface area contributed by atoms with E-state index in [1.807, 2.05) is 0 Å². The summed E-state index contributed by atoms with van der Waals surface area (Å²) in [7, 11) is 1.75. The number of hydrogen-bond donors (Lipinski definition) is 2. The highest BCUT2D eigenvalue weighted by atomic mass is 16.4. The highest BCUT2D eigenvalue weighted by molar-refractivity contribution is 5.82. The third kappa shape index (κ3) is 4.38. The molecule has 0 unspecified atom stereocenters. The molecule has 0 saturated carbocycles. The average Bonchev–Trinajstić information content (AvgIpc) is 2.43. The Morgan fingerprint density at radius 2 is 1.95 bits per heavy atom. The van der Waals surface area contributed by atoms with Crippen LogP contribution in [0.1, 0.15) is 33.1 Å². The summed E-state index contributed by atoms with van der Waals surface area (Å²) in [5.41, 5.74) is 0. The summed E-state index contributed by atoms with van der Waals surface area (Å²) in [6.45, 7) is 6.91. The predicted octanol–water partition coefficient (Wildman–Crippen LogP) is 0.975. The van der Waals surface area contributed by atoms with Gasteiger partial charge in [-0.05, 0) is 25.8 Å². The molecule has 1 aliphatic rings. The highest BCUT2D eigenvalue weighted by Gasteiger charge is 2.27. The van der Waals surface area contributed by atoms with E-state index < -0.39 is 12.0 Å². The molecule has 0 aliphatic carbocycles. The second-order valence-electron chi connectivity index (χ2n) is 5.02. The molecule has 1 aliphatic heterocycles. The number of piperidine rings is 1. The van der Waals surface area contributed by atoms with E-state index >= 15 is 0 Å². The van der Waals surface area contributed by atoms with Crippen molar-refractivity contribution < 1.29 is 14.7 Å². The fraction of sp³-hybridized carbons (Fsp3) is 0.846. The zero-order valence-corrected chi connectivity index (χ0v) is 12.1. The van der Waals surface area contributed by atoms with Gasteiger partial charge in [-0.25, -0.2) is 9.59 Å². The van der Waals surface area contributed by atoms with Crippen molar-refractivity contribution in [2.24, 2.45) is 0 Å². The van der Waals surface area contributed by atoms with E-state index in [1.54, 1.807) is 18.9 Å². The first-order valence-electron chi connectivity index (χ1n) is 6.98. The monoisotopic (exact) mass is 271 g/mol. The first-order chi connectivity index (χ1) is 8.99. The number of nitrogens with zero attached hydrogens (tertiary/aromatic N) is 2. The Bertz CT molecular complexity index is 314. The van der Waals surface area contributed by atoms with Crippen LogP contribution in [0.3, 0.4) is 0 Å². The van der Waals surface area contributed by atoms with Gasteiger partial charge in [0.05, 0.1) is 0 Å². The number of hydrogen-bond acceptors (Lipinski definition) is 3. The molecular formula is C13H25N3O3. The van der Waals surface area contributed by atoms with Crippen LogP contribution < -0.4 is 5.32 Å². The number of aliphatic carboxylic acids is 1. The van der Waals surface area contributed by atoms with Crippen molar-refractivity contribution in [3.63, 3.8) is 0 Å². The quantitative estimate of drug-likeness (QED) is 0.781. The third-order valence-electron chi connectivity index (χ3n) is 3.88. The largest absolute Gasteiger partial charge is 0.480 e. The normalized spacial score (nSPS) is 18.9. The van der Waals surface area contributed by atoms with Crippen LogP contribution in [0, 0.1) is 0 Å². The van der Waals surface area contributed by atoms with Gasteiger partial charge in [-0.3, -0.25) is 0 Å². The van der Waals surface area contributed by atoms with E-state index in [-0.39, 0.29) is 12.1 Å². The summed E-state index contributed by atoms with van der Waals surface area (Å²) >= 11 is 0. The van der Waals surface area contributed by atoms with E-state index in [9.17, 15) is 9.59 Å². The SMILES string of the molecule is CC[C@@H](NC(=O)N(C)C1CCN(CC)CC1)C(=O)O. The minimum absolute atomic E-state index is 0.203. The number of amides is 2. The van der Waals surface area contributed by atoms with Gasteiger partial charge in [-0.15, -0.1) is 0 Å². The van der Waals surface area contributed by atoms with E-state index in [0.29, 0.717) is 6.42 Å². The second kappa shape index (κ2) is 7.33. The van der Waals surface area contributed by atoms with Crippen LogP contribution in [0.15, 0.2) is 0 Å². The molecule has 0 spiro atoms. The zero-order valence-electron chi connectivity index (χ0n) is 12.1. The van der Waals surface area contributed by atoms with Crippen molar-refractivity contribution in [3.8, 4) is 0 Å². The minimum atomic E-state index is -0.981. The molecule has 0 aromatic carbocycles. The predicted molar refractivity (Wildman–Crippen MR) is 73.1 cm³/mol. The van der Waals surface area contributed by atoms with Gasteiger partial charge in [0.25, 0.3) is 0 Å². The van der Waals surface area contributed by atoms with Gasteiger partial charge in [-0.1, -0.05) is 13.8 Å². The van der Waals surface area contributed by atoms with Crippen molar-refractivity contribution >= 4 is 12.0 Å². The molecule has 0 bridgehead atoms. The molecule has 1 saturated heterocycles. The van der Waals surface area contributed by atoms with Crippen molar-refractivity contribution in [3.05, 3.63) is 0 Å². The van der Waals surface area contributed by atoms with Gasteiger partial charge in [-0.2, -0.15) is 0 Å². The second-order valence-corrected chi connectivity index (χ2v) is 5.02. The average molecular weight is 271 g/mol. The molecule has 1 atom stereocenters. The molecule has 110 valence electrons. The maximum Gasteiger partial charge on any atom is 0.326 e. The molecule has 6 nitrogen and oxygen atoms in total. The zero-order chi connectivity index (χ0) is 14.4. The number of rotatable bonds is 5. The molecule has 0 aromatic rings. The lowest BCUT2D eigenvalue weighted by atomic mass is 10.0. The highest BCUT2D eigenvalue weighted by Crippen LogP contribution is 2.15. The van der Waals surface area contributed by atoms with E-state index in [1.165, 1.54) is 0 Å². The summed E-state index contributed by atoms with van der Waals surface area (Å²) in [5.74, 6) is -0.981. The van der Waals surface area contributed by atoms with Crippen LogP contribution in [0.25, 0.3) is 0 Å². The number of carbonyl (C=O) groups excluding carboxylic acids is 1. The Kier molecular flexibility index (Phi) is 6.08. The Labute approximate surface area is 114 Å². The van der Waals surface area contributed by atoms with Gasteiger partial charge < -0.3 is 20.2 Å². The molecule has 2 amide bonds. The molecular weight excluding hydrogens is 246 g/mol. The number of urea groups is 1. The first-order valence-corrected chi connectivity index (χ1v) is 6.98. The maximum absolute atomic E-state index is 12.0. The third-order valence-corrected chi connectivity index (χ3v) is 3.88. The molecule has 0 aromatic heterocycles. The van der Waals surface area contributed by atoms with Gasteiger partial charge in [0.15, 0.2) is 0 Å². The summed E-state index contributed by atoms with van der Waals surface area (Å²) in [4.78, 5) is 26.9. The van der Waals surface area contributed by atoms with Crippen molar-refractivity contribution in [1.29, 1.82) is 0 Å². The maximum atomic E-state index is 12.0. The first kappa shape index (κ1) is 15.8. The van der Waals surface area contributed by atoms with Gasteiger partial charge >= 0.3 is 12.0 Å². The van der Waals surface area contributed by atoms with Crippen LogP contribution in [0.5, 0.6) is 0 Å². The number of carbonyl (C=O) groups is 2. The lowest BCUT2D eigenvalue weighted by Gasteiger charge is -2.36. The fourth-order valence-corrected chi connectivity index (χ4v) is 2.38. The summed E-state index contributed by atoms with van der Waals surface area (Å²) in [5, 5.41) is 11.5. The summed E-state index contributed by atoms with van der Waals surface area (Å²) < 4.78 is 0. The van der Waals surface area contributed by atoms with Gasteiger partial charge in [0.2, 0.25) is 0 Å². The Balaban J connectivity index is 2.46. The molecule has 19 heavy (non-hydrogen) atoms. The molecule has 1 rings (SSSR count). The van der Waals surface area contributed by atoms with E-state index in [2.05, 4.69) is 17.1 Å². The van der Waals surface area contributed by atoms with Gasteiger partial charge in [0.1, 0.15) is 6.04 Å². The lowest BCUT2D eigenvalue weighted by Crippen LogP contribution is -2.52. The Morgan fingerprint density at radius 1 is 1.37 bits per heavy atom. The van der Waals surface area contributed by atoms with Crippen LogP contribution >= 0.6 is 0 Å². The standard InChI is InChI=1S/C13H25N3O3/c1-4-11(12(17)18)14-13(19)15(3)10-6-8-16(5-2)9-7-10/h10-11H,4-9H2,1-3H3,(H,14,19)(H,17,18)/t11-/m1/s1. The summed E-state index contributed by atoms with van der Waals surface area (Å²) in [6, 6.07) is -0.885. The van der Waals surface area contributed by atoms with Crippen LogP contribution in [0.2, 0.25) is 0 Å². The topological polar surface area (TPSA) is 72.9 Å². The van der Waals surface area contributed by atoms with Crippen LogP contribution in [0.4, 0.5) is 4.79 Å². The smallest absolute Gasteiger partial charge is 0.326 e. The van der Waals surface area contributed by atoms with E-state index in [4.69, 9.17) is 5.11 Å². The lowest BCUT2D eigenvalue weighted by molar-refractivity contribution is -0.139. The van der Waals surface area contributed by atoms with Crippen molar-refractivity contribution in [1.82, 2.24) is 15.1 Å². The number of carboxylic acid groups (broad SMARTS) is 1. The Hall–Kier alpha value is -1.30. The molecule has 1 fully saturated rings. The summed E-state index contributed by atoms with van der Waals surface area (Å²) in [6.07, 6.45) is 2.28. The van der Waals surface area contributed by atoms with Crippen molar-refractivity contribution in [2.75, 3.05) is 26.7 Å².